The van der Waals surface area contributed by atoms with E-state index in [1.807, 2.05) is 18.4 Å². The highest BCUT2D eigenvalue weighted by atomic mass is 35.5. The molecule has 0 saturated heterocycles. The van der Waals surface area contributed by atoms with Crippen molar-refractivity contribution in [2.75, 3.05) is 29.5 Å². The molecule has 1 N–H and O–H groups in total. The molecule has 6 nitrogen and oxygen atoms in total. The molecular formula is C22H21ClN2O4S2. The zero-order valence-electron chi connectivity index (χ0n) is 16.9. The van der Waals surface area contributed by atoms with E-state index in [9.17, 15) is 13.2 Å². The average molecular weight is 477 g/mol. The number of hydrogen-bond acceptors (Lipinski definition) is 5. The van der Waals surface area contributed by atoms with Crippen molar-refractivity contribution in [3.05, 3.63) is 77.8 Å². The van der Waals surface area contributed by atoms with Gasteiger partial charge in [-0.3, -0.25) is 9.10 Å². The van der Waals surface area contributed by atoms with Crippen molar-refractivity contribution in [1.29, 1.82) is 0 Å². The summed E-state index contributed by atoms with van der Waals surface area (Å²) in [4.78, 5) is 13.8. The van der Waals surface area contributed by atoms with Gasteiger partial charge in [-0.25, -0.2) is 8.42 Å². The van der Waals surface area contributed by atoms with Gasteiger partial charge >= 0.3 is 0 Å². The van der Waals surface area contributed by atoms with Crippen molar-refractivity contribution in [1.82, 2.24) is 0 Å². The Balaban J connectivity index is 2.03. The van der Waals surface area contributed by atoms with Gasteiger partial charge in [0, 0.05) is 9.92 Å². The summed E-state index contributed by atoms with van der Waals surface area (Å²) in [6.45, 7) is -0.462. The smallest absolute Gasteiger partial charge is 0.264 e. The molecule has 3 aromatic rings. The number of nitrogens with zero attached hydrogens (tertiary/aromatic N) is 1. The van der Waals surface area contributed by atoms with Gasteiger partial charge in [0.1, 0.15) is 12.3 Å². The van der Waals surface area contributed by atoms with Crippen molar-refractivity contribution in [2.24, 2.45) is 0 Å². The maximum absolute atomic E-state index is 13.5. The second kappa shape index (κ2) is 10.1. The van der Waals surface area contributed by atoms with Gasteiger partial charge in [0.05, 0.1) is 23.4 Å². The van der Waals surface area contributed by atoms with Gasteiger partial charge in [0.25, 0.3) is 10.0 Å². The van der Waals surface area contributed by atoms with Crippen LogP contribution in [0.2, 0.25) is 5.02 Å². The number of methoxy groups -OCH3 is 1. The molecule has 9 heteroatoms. The van der Waals surface area contributed by atoms with Crippen LogP contribution in [-0.4, -0.2) is 34.2 Å². The molecule has 0 heterocycles. The van der Waals surface area contributed by atoms with Crippen LogP contribution in [0.3, 0.4) is 0 Å². The monoisotopic (exact) mass is 476 g/mol. The summed E-state index contributed by atoms with van der Waals surface area (Å²) in [5, 5.41) is 3.11. The summed E-state index contributed by atoms with van der Waals surface area (Å²) in [5.74, 6) is -0.218. The highest BCUT2D eigenvalue weighted by molar-refractivity contribution is 7.98. The van der Waals surface area contributed by atoms with Gasteiger partial charge in [-0.05, 0) is 48.7 Å². The molecule has 1 amide bonds. The molecule has 162 valence electrons. The van der Waals surface area contributed by atoms with Crippen LogP contribution in [0.1, 0.15) is 0 Å². The second-order valence-corrected chi connectivity index (χ2v) is 9.54. The number of rotatable bonds is 8. The van der Waals surface area contributed by atoms with Crippen LogP contribution in [-0.2, 0) is 14.8 Å². The zero-order chi connectivity index (χ0) is 22.4. The highest BCUT2D eigenvalue weighted by Crippen LogP contribution is 2.35. The van der Waals surface area contributed by atoms with E-state index in [2.05, 4.69) is 5.32 Å². The fourth-order valence-corrected chi connectivity index (χ4v) is 5.11. The number of carbonyl (C=O) groups is 1. The number of ether oxygens (including phenoxy) is 1. The van der Waals surface area contributed by atoms with Gasteiger partial charge in [0.15, 0.2) is 0 Å². The standard InChI is InChI=1S/C22H21ClN2O4S2/c1-29-20-13-12-16(23)14-19(20)25(31(27,28)17-8-4-3-5-9-17)15-22(26)24-18-10-6-7-11-21(18)30-2/h3-14H,15H2,1-2H3,(H,24,26). The van der Waals surface area contributed by atoms with Gasteiger partial charge in [-0.15, -0.1) is 11.8 Å². The lowest BCUT2D eigenvalue weighted by Crippen LogP contribution is -2.38. The molecule has 0 aromatic heterocycles. The molecule has 0 aliphatic heterocycles. The Morgan fingerprint density at radius 3 is 2.42 bits per heavy atom. The Morgan fingerprint density at radius 1 is 1.06 bits per heavy atom. The Hall–Kier alpha value is -2.68. The second-order valence-electron chi connectivity index (χ2n) is 6.39. The maximum atomic E-state index is 13.5. The quantitative estimate of drug-likeness (QED) is 0.468. The summed E-state index contributed by atoms with van der Waals surface area (Å²) in [6.07, 6.45) is 1.90. The summed E-state index contributed by atoms with van der Waals surface area (Å²) >= 11 is 7.62. The predicted molar refractivity (Wildman–Crippen MR) is 126 cm³/mol. The number of para-hydroxylation sites is 1. The molecule has 3 aromatic carbocycles. The summed E-state index contributed by atoms with van der Waals surface area (Å²) in [5.41, 5.74) is 0.780. The number of benzene rings is 3. The first-order valence-corrected chi connectivity index (χ1v) is 12.3. The van der Waals surface area contributed by atoms with E-state index in [1.54, 1.807) is 42.5 Å². The Labute approximate surface area is 191 Å². The topological polar surface area (TPSA) is 75.7 Å². The van der Waals surface area contributed by atoms with Crippen LogP contribution in [0.5, 0.6) is 5.75 Å². The minimum atomic E-state index is -4.08. The van der Waals surface area contributed by atoms with Crippen LogP contribution in [0.15, 0.2) is 82.6 Å². The first-order valence-electron chi connectivity index (χ1n) is 9.21. The molecule has 3 rings (SSSR count). The van der Waals surface area contributed by atoms with E-state index in [0.717, 1.165) is 9.20 Å². The number of carbonyl (C=O) groups excluding carboxylic acids is 1. The van der Waals surface area contributed by atoms with Gasteiger partial charge in [0.2, 0.25) is 5.91 Å². The van der Waals surface area contributed by atoms with Gasteiger partial charge < -0.3 is 10.1 Å². The third-order valence-electron chi connectivity index (χ3n) is 4.41. The Morgan fingerprint density at radius 2 is 1.74 bits per heavy atom. The number of anilines is 2. The number of halogens is 1. The molecule has 0 aliphatic carbocycles. The first kappa shape index (κ1) is 23.0. The fourth-order valence-electron chi connectivity index (χ4n) is 2.95. The van der Waals surface area contributed by atoms with E-state index in [1.165, 1.54) is 37.1 Å². The minimum Gasteiger partial charge on any atom is -0.495 e. The lowest BCUT2D eigenvalue weighted by Gasteiger charge is -2.26. The van der Waals surface area contributed by atoms with E-state index in [0.29, 0.717) is 10.7 Å². The molecule has 0 unspecified atom stereocenters. The Kier molecular flexibility index (Phi) is 7.48. The minimum absolute atomic E-state index is 0.0503. The molecule has 0 spiro atoms. The van der Waals surface area contributed by atoms with Crippen molar-refractivity contribution in [2.45, 2.75) is 9.79 Å². The van der Waals surface area contributed by atoms with Gasteiger partial charge in [-0.1, -0.05) is 41.9 Å². The van der Waals surface area contributed by atoms with E-state index in [-0.39, 0.29) is 16.3 Å². The SMILES string of the molecule is COc1ccc(Cl)cc1N(CC(=O)Nc1ccccc1SC)S(=O)(=O)c1ccccc1. The molecule has 0 fully saturated rings. The van der Waals surface area contributed by atoms with Crippen molar-refractivity contribution in [3.63, 3.8) is 0 Å². The van der Waals surface area contributed by atoms with E-state index < -0.39 is 22.5 Å². The van der Waals surface area contributed by atoms with Crippen molar-refractivity contribution >= 4 is 50.7 Å². The van der Waals surface area contributed by atoms with E-state index >= 15 is 0 Å². The average Bonchev–Trinajstić information content (AvgIpc) is 2.78. The highest BCUT2D eigenvalue weighted by Gasteiger charge is 2.29. The lowest BCUT2D eigenvalue weighted by atomic mass is 10.3. The molecule has 31 heavy (non-hydrogen) atoms. The normalized spacial score (nSPS) is 11.1. The summed E-state index contributed by atoms with van der Waals surface area (Å²) in [6, 6.07) is 19.8. The number of thioether (sulfide) groups is 1. The third kappa shape index (κ3) is 5.33. The fraction of sp³-hybridized carbons (Fsp3) is 0.136. The largest absolute Gasteiger partial charge is 0.495 e. The third-order valence-corrected chi connectivity index (χ3v) is 7.21. The maximum Gasteiger partial charge on any atom is 0.264 e. The van der Waals surface area contributed by atoms with E-state index in [4.69, 9.17) is 16.3 Å². The van der Waals surface area contributed by atoms with Crippen LogP contribution < -0.4 is 14.4 Å². The first-order chi connectivity index (χ1) is 14.9. The Bertz CT molecular complexity index is 1170. The molecular weight excluding hydrogens is 456 g/mol. The molecule has 0 atom stereocenters. The number of amides is 1. The molecule has 0 radical (unpaired) electrons. The lowest BCUT2D eigenvalue weighted by molar-refractivity contribution is -0.114. The van der Waals surface area contributed by atoms with Crippen LogP contribution in [0.4, 0.5) is 11.4 Å². The molecule has 0 bridgehead atoms. The molecule has 0 aliphatic rings. The van der Waals surface area contributed by atoms with Crippen molar-refractivity contribution in [3.8, 4) is 5.75 Å². The van der Waals surface area contributed by atoms with Gasteiger partial charge in [-0.2, -0.15) is 0 Å². The zero-order valence-corrected chi connectivity index (χ0v) is 19.3. The number of nitrogens with one attached hydrogen (secondary N) is 1. The predicted octanol–water partition coefficient (Wildman–Crippen LogP) is 4.90. The summed E-state index contributed by atoms with van der Waals surface area (Å²) in [7, 11) is -2.65. The van der Waals surface area contributed by atoms with Crippen LogP contribution in [0.25, 0.3) is 0 Å². The molecule has 0 saturated carbocycles. The summed E-state index contributed by atoms with van der Waals surface area (Å²) < 4.78 is 33.3. The number of hydrogen-bond donors (Lipinski definition) is 1. The van der Waals surface area contributed by atoms with Crippen molar-refractivity contribution < 1.29 is 17.9 Å². The number of sulfonamides is 1. The van der Waals surface area contributed by atoms with Crippen LogP contribution in [0, 0.1) is 0 Å². The van der Waals surface area contributed by atoms with Crippen LogP contribution >= 0.6 is 23.4 Å².